The van der Waals surface area contributed by atoms with Crippen LogP contribution in [0.2, 0.25) is 0 Å². The first-order valence-electron chi connectivity index (χ1n) is 7.43. The Morgan fingerprint density at radius 2 is 1.81 bits per heavy atom. The fourth-order valence-electron chi connectivity index (χ4n) is 2.69. The van der Waals surface area contributed by atoms with Crippen molar-refractivity contribution in [3.8, 4) is 5.75 Å². The van der Waals surface area contributed by atoms with Crippen LogP contribution in [0.5, 0.6) is 5.75 Å². The van der Waals surface area contributed by atoms with Gasteiger partial charge < -0.3 is 10.4 Å². The number of nitrogens with zero attached hydrogens (tertiary/aromatic N) is 2. The molecule has 0 amide bonds. The summed E-state index contributed by atoms with van der Waals surface area (Å²) < 4.78 is 2.03. The molecule has 1 heterocycles. The highest BCUT2D eigenvalue weighted by Gasteiger charge is 2.17. The lowest BCUT2D eigenvalue weighted by Gasteiger charge is -2.18. The Morgan fingerprint density at radius 1 is 1.14 bits per heavy atom. The third kappa shape index (κ3) is 3.04. The Hall–Kier alpha value is -1.97. The van der Waals surface area contributed by atoms with Crippen LogP contribution in [0.15, 0.2) is 18.2 Å². The maximum absolute atomic E-state index is 10.1. The molecule has 0 aliphatic heterocycles. The smallest absolute Gasteiger partial charge is 0.120 e. The fourth-order valence-corrected chi connectivity index (χ4v) is 2.69. The van der Waals surface area contributed by atoms with Crippen LogP contribution in [-0.2, 0) is 0 Å². The number of anilines is 1. The second-order valence-electron chi connectivity index (χ2n) is 6.01. The number of benzene rings is 1. The van der Waals surface area contributed by atoms with Gasteiger partial charge in [-0.1, -0.05) is 17.7 Å². The molecule has 4 heteroatoms. The van der Waals surface area contributed by atoms with Crippen molar-refractivity contribution < 1.29 is 5.11 Å². The minimum absolute atomic E-state index is 0.0205. The Balaban J connectivity index is 2.32. The summed E-state index contributed by atoms with van der Waals surface area (Å²) >= 11 is 0. The number of hydrogen-bond acceptors (Lipinski definition) is 3. The lowest BCUT2D eigenvalue weighted by Crippen LogP contribution is -2.09. The molecule has 0 aliphatic carbocycles. The molecule has 2 N–H and O–H groups in total. The van der Waals surface area contributed by atoms with Crippen LogP contribution in [0.3, 0.4) is 0 Å². The molecule has 0 saturated heterocycles. The highest BCUT2D eigenvalue weighted by molar-refractivity contribution is 5.54. The van der Waals surface area contributed by atoms with Gasteiger partial charge in [-0.2, -0.15) is 5.10 Å². The number of rotatable bonds is 4. The van der Waals surface area contributed by atoms with Gasteiger partial charge in [0.1, 0.15) is 5.75 Å². The second kappa shape index (κ2) is 5.80. The fraction of sp³-hybridized carbons (Fsp3) is 0.471. The maximum atomic E-state index is 10.1. The Labute approximate surface area is 126 Å². The van der Waals surface area contributed by atoms with Crippen LogP contribution in [0.25, 0.3) is 0 Å². The first-order valence-corrected chi connectivity index (χ1v) is 7.43. The minimum atomic E-state index is 0.0205. The molecule has 114 valence electrons. The third-order valence-electron chi connectivity index (χ3n) is 3.82. The van der Waals surface area contributed by atoms with Crippen molar-refractivity contribution in [1.29, 1.82) is 0 Å². The van der Waals surface area contributed by atoms with Crippen molar-refractivity contribution in [2.75, 3.05) is 5.32 Å². The molecule has 0 aliphatic rings. The van der Waals surface area contributed by atoms with E-state index in [1.54, 1.807) is 6.07 Å². The van der Waals surface area contributed by atoms with E-state index in [4.69, 9.17) is 0 Å². The monoisotopic (exact) mass is 287 g/mol. The van der Waals surface area contributed by atoms with Crippen molar-refractivity contribution in [2.45, 2.75) is 53.6 Å². The van der Waals surface area contributed by atoms with E-state index in [-0.39, 0.29) is 6.04 Å². The number of nitrogens with one attached hydrogen (secondary N) is 1. The molecule has 1 aromatic heterocycles. The number of aryl methyl sites for hydroxylation is 2. The summed E-state index contributed by atoms with van der Waals surface area (Å²) in [5.41, 5.74) is 5.22. The van der Waals surface area contributed by atoms with Crippen LogP contribution in [0.4, 0.5) is 5.69 Å². The van der Waals surface area contributed by atoms with Crippen LogP contribution >= 0.6 is 0 Å². The number of aromatic hydroxyl groups is 1. The summed E-state index contributed by atoms with van der Waals surface area (Å²) in [6.45, 7) is 12.4. The summed E-state index contributed by atoms with van der Waals surface area (Å²) in [5, 5.41) is 18.1. The molecular formula is C17H25N3O. The van der Waals surface area contributed by atoms with E-state index in [9.17, 15) is 5.11 Å². The van der Waals surface area contributed by atoms with Crippen molar-refractivity contribution in [3.63, 3.8) is 0 Å². The average molecular weight is 287 g/mol. The van der Waals surface area contributed by atoms with Gasteiger partial charge in [0.15, 0.2) is 0 Å². The standard InChI is InChI=1S/C17H25N3O/c1-10(2)20-14(6)17(13(5)19-20)18-12(4)15-9-11(3)7-8-16(15)21/h7-10,12,18,21H,1-6H3. The van der Waals surface area contributed by atoms with Crippen molar-refractivity contribution in [3.05, 3.63) is 40.7 Å². The second-order valence-corrected chi connectivity index (χ2v) is 6.01. The Bertz CT molecular complexity index is 644. The van der Waals surface area contributed by atoms with Crippen LogP contribution in [-0.4, -0.2) is 14.9 Å². The number of hydrogen-bond donors (Lipinski definition) is 2. The van der Waals surface area contributed by atoms with Gasteiger partial charge in [0.25, 0.3) is 0 Å². The highest BCUT2D eigenvalue weighted by Crippen LogP contribution is 2.31. The molecule has 0 saturated carbocycles. The molecule has 1 atom stereocenters. The van der Waals surface area contributed by atoms with Gasteiger partial charge in [-0.3, -0.25) is 4.68 Å². The first-order chi connectivity index (χ1) is 9.81. The van der Waals surface area contributed by atoms with Gasteiger partial charge in [-0.05, 0) is 47.6 Å². The van der Waals surface area contributed by atoms with Crippen LogP contribution in [0, 0.1) is 20.8 Å². The van der Waals surface area contributed by atoms with Crippen molar-refractivity contribution in [1.82, 2.24) is 9.78 Å². The highest BCUT2D eigenvalue weighted by atomic mass is 16.3. The van der Waals surface area contributed by atoms with Gasteiger partial charge >= 0.3 is 0 Å². The molecule has 21 heavy (non-hydrogen) atoms. The molecule has 4 nitrogen and oxygen atoms in total. The zero-order chi connectivity index (χ0) is 15.7. The Kier molecular flexibility index (Phi) is 4.26. The van der Waals surface area contributed by atoms with Gasteiger partial charge in [0, 0.05) is 11.6 Å². The molecular weight excluding hydrogens is 262 g/mol. The summed E-state index contributed by atoms with van der Waals surface area (Å²) in [4.78, 5) is 0. The SMILES string of the molecule is Cc1ccc(O)c(C(C)Nc2c(C)nn(C(C)C)c2C)c1. The van der Waals surface area contributed by atoms with Gasteiger partial charge in [0.2, 0.25) is 0 Å². The first kappa shape index (κ1) is 15.4. The third-order valence-corrected chi connectivity index (χ3v) is 3.82. The lowest BCUT2D eigenvalue weighted by atomic mass is 10.0. The lowest BCUT2D eigenvalue weighted by molar-refractivity contribution is 0.465. The average Bonchev–Trinajstić information content (AvgIpc) is 2.69. The predicted molar refractivity (Wildman–Crippen MR) is 87.0 cm³/mol. The van der Waals surface area contributed by atoms with E-state index in [2.05, 4.69) is 38.1 Å². The van der Waals surface area contributed by atoms with Gasteiger partial charge in [-0.15, -0.1) is 0 Å². The molecule has 1 unspecified atom stereocenters. The van der Waals surface area contributed by atoms with E-state index < -0.39 is 0 Å². The van der Waals surface area contributed by atoms with E-state index >= 15 is 0 Å². The summed E-state index contributed by atoms with van der Waals surface area (Å²) in [6, 6.07) is 6.04. The van der Waals surface area contributed by atoms with Crippen LogP contribution in [0.1, 0.15) is 55.4 Å². The summed E-state index contributed by atoms with van der Waals surface area (Å²) in [7, 11) is 0. The predicted octanol–water partition coefficient (Wildman–Crippen LogP) is 4.27. The van der Waals surface area contributed by atoms with Gasteiger partial charge in [0.05, 0.1) is 23.1 Å². The Morgan fingerprint density at radius 3 is 2.38 bits per heavy atom. The molecule has 0 bridgehead atoms. The number of aromatic nitrogens is 2. The number of phenolic OH excluding ortho intramolecular Hbond substituents is 1. The minimum Gasteiger partial charge on any atom is -0.508 e. The van der Waals surface area contributed by atoms with Gasteiger partial charge in [-0.25, -0.2) is 0 Å². The molecule has 0 spiro atoms. The van der Waals surface area contributed by atoms with Crippen LogP contribution < -0.4 is 5.32 Å². The van der Waals surface area contributed by atoms with E-state index in [0.717, 1.165) is 28.2 Å². The van der Waals surface area contributed by atoms with Crippen molar-refractivity contribution in [2.24, 2.45) is 0 Å². The molecule has 1 aromatic carbocycles. The van der Waals surface area contributed by atoms with Crippen molar-refractivity contribution >= 4 is 5.69 Å². The zero-order valence-corrected chi connectivity index (χ0v) is 13.7. The molecule has 0 radical (unpaired) electrons. The molecule has 0 fully saturated rings. The molecule has 2 rings (SSSR count). The van der Waals surface area contributed by atoms with E-state index in [1.165, 1.54) is 0 Å². The number of phenols is 1. The quantitative estimate of drug-likeness (QED) is 0.883. The summed E-state index contributed by atoms with van der Waals surface area (Å²) in [5.74, 6) is 0.326. The molecule has 2 aromatic rings. The largest absolute Gasteiger partial charge is 0.508 e. The summed E-state index contributed by atoms with van der Waals surface area (Å²) in [6.07, 6.45) is 0. The van der Waals surface area contributed by atoms with E-state index in [0.29, 0.717) is 11.8 Å². The van der Waals surface area contributed by atoms with E-state index in [1.807, 2.05) is 30.7 Å². The topological polar surface area (TPSA) is 50.1 Å². The zero-order valence-electron chi connectivity index (χ0n) is 13.7. The maximum Gasteiger partial charge on any atom is 0.120 e. The normalized spacial score (nSPS) is 12.7.